The molecule has 2 saturated heterocycles. The Labute approximate surface area is 148 Å². The van der Waals surface area contributed by atoms with Gasteiger partial charge in [-0.2, -0.15) is 0 Å². The van der Waals surface area contributed by atoms with Gasteiger partial charge in [0.2, 0.25) is 17.7 Å². The summed E-state index contributed by atoms with van der Waals surface area (Å²) in [6, 6.07) is 7.80. The van der Waals surface area contributed by atoms with Gasteiger partial charge in [-0.15, -0.1) is 0 Å². The van der Waals surface area contributed by atoms with Crippen LogP contribution >= 0.6 is 0 Å². The molecule has 1 aromatic rings. The number of nitrogens with zero attached hydrogens (tertiary/aromatic N) is 3. The highest BCUT2D eigenvalue weighted by molar-refractivity contribution is 6.05. The normalized spacial score (nSPS) is 21.9. The van der Waals surface area contributed by atoms with E-state index in [2.05, 4.69) is 19.1 Å². The van der Waals surface area contributed by atoms with Crippen LogP contribution in [0.25, 0.3) is 0 Å². The number of amides is 3. The van der Waals surface area contributed by atoms with E-state index in [0.29, 0.717) is 32.6 Å². The van der Waals surface area contributed by atoms with Crippen molar-refractivity contribution in [2.75, 3.05) is 33.2 Å². The molecular weight excluding hydrogens is 318 g/mol. The highest BCUT2D eigenvalue weighted by Gasteiger charge is 2.40. The molecule has 1 unspecified atom stereocenters. The van der Waals surface area contributed by atoms with Crippen LogP contribution in [0.15, 0.2) is 24.3 Å². The van der Waals surface area contributed by atoms with E-state index in [-0.39, 0.29) is 30.2 Å². The van der Waals surface area contributed by atoms with Gasteiger partial charge < -0.3 is 4.90 Å². The van der Waals surface area contributed by atoms with Gasteiger partial charge in [-0.3, -0.25) is 24.2 Å². The summed E-state index contributed by atoms with van der Waals surface area (Å²) in [7, 11) is 1.54. The Morgan fingerprint density at radius 1 is 1.12 bits per heavy atom. The first kappa shape index (κ1) is 17.6. The molecule has 1 aromatic carbocycles. The van der Waals surface area contributed by atoms with Gasteiger partial charge >= 0.3 is 0 Å². The van der Waals surface area contributed by atoms with Crippen LogP contribution in [-0.2, 0) is 20.8 Å². The Kier molecular flexibility index (Phi) is 5.18. The van der Waals surface area contributed by atoms with Crippen LogP contribution in [0.4, 0.5) is 0 Å². The van der Waals surface area contributed by atoms with Crippen molar-refractivity contribution in [3.05, 3.63) is 35.4 Å². The van der Waals surface area contributed by atoms with Gasteiger partial charge in [0.15, 0.2) is 0 Å². The zero-order chi connectivity index (χ0) is 18.0. The molecule has 0 N–H and O–H groups in total. The third-order valence-electron chi connectivity index (χ3n) is 5.33. The molecule has 25 heavy (non-hydrogen) atoms. The predicted octanol–water partition coefficient (Wildman–Crippen LogP) is 0.829. The monoisotopic (exact) mass is 343 g/mol. The van der Waals surface area contributed by atoms with Crippen LogP contribution < -0.4 is 0 Å². The van der Waals surface area contributed by atoms with Gasteiger partial charge in [-0.25, -0.2) is 0 Å². The van der Waals surface area contributed by atoms with Crippen molar-refractivity contribution >= 4 is 17.7 Å². The number of rotatable bonds is 4. The predicted molar refractivity (Wildman–Crippen MR) is 93.8 cm³/mol. The molecule has 1 atom stereocenters. The van der Waals surface area contributed by atoms with Gasteiger partial charge in [0.1, 0.15) is 0 Å². The van der Waals surface area contributed by atoms with Gasteiger partial charge in [-0.1, -0.05) is 24.3 Å². The molecule has 0 saturated carbocycles. The average molecular weight is 343 g/mol. The lowest BCUT2D eigenvalue weighted by Gasteiger charge is -2.37. The van der Waals surface area contributed by atoms with Gasteiger partial charge in [0.05, 0.1) is 12.5 Å². The van der Waals surface area contributed by atoms with E-state index in [9.17, 15) is 14.4 Å². The van der Waals surface area contributed by atoms with Gasteiger partial charge in [-0.05, 0) is 24.5 Å². The maximum Gasteiger partial charge on any atom is 0.246 e. The fourth-order valence-corrected chi connectivity index (χ4v) is 3.59. The van der Waals surface area contributed by atoms with Crippen molar-refractivity contribution in [3.63, 3.8) is 0 Å². The molecule has 0 radical (unpaired) electrons. The summed E-state index contributed by atoms with van der Waals surface area (Å²) in [4.78, 5) is 41.4. The van der Waals surface area contributed by atoms with Crippen LogP contribution in [0.1, 0.15) is 24.0 Å². The number of carbonyl (C=O) groups is 3. The SMILES string of the molecule is Cc1ccccc1CCC(=O)N1CCN(C2CC(=O)N(C)C2=O)CC1. The smallest absolute Gasteiger partial charge is 0.246 e. The Bertz CT molecular complexity index is 680. The summed E-state index contributed by atoms with van der Waals surface area (Å²) < 4.78 is 0. The number of aryl methyl sites for hydroxylation is 2. The minimum Gasteiger partial charge on any atom is -0.340 e. The number of hydrogen-bond acceptors (Lipinski definition) is 4. The summed E-state index contributed by atoms with van der Waals surface area (Å²) in [6.45, 7) is 4.60. The molecule has 2 aliphatic heterocycles. The molecule has 3 amide bonds. The highest BCUT2D eigenvalue weighted by atomic mass is 16.2. The zero-order valence-corrected chi connectivity index (χ0v) is 14.9. The number of hydrogen-bond donors (Lipinski definition) is 0. The van der Waals surface area contributed by atoms with E-state index >= 15 is 0 Å². The Hall–Kier alpha value is -2.21. The van der Waals surface area contributed by atoms with E-state index in [4.69, 9.17) is 0 Å². The van der Waals surface area contributed by atoms with Gasteiger partial charge in [0.25, 0.3) is 0 Å². The molecule has 0 spiro atoms. The number of piperazine rings is 1. The molecule has 3 rings (SSSR count). The summed E-state index contributed by atoms with van der Waals surface area (Å²) in [5.74, 6) is -0.0788. The highest BCUT2D eigenvalue weighted by Crippen LogP contribution is 2.19. The molecule has 0 bridgehead atoms. The first-order valence-corrected chi connectivity index (χ1v) is 8.84. The molecule has 6 heteroatoms. The second-order valence-electron chi connectivity index (χ2n) is 6.85. The molecule has 134 valence electrons. The third-order valence-corrected chi connectivity index (χ3v) is 5.33. The molecular formula is C19H25N3O3. The number of likely N-dealkylation sites (tertiary alicyclic amines) is 1. The lowest BCUT2D eigenvalue weighted by molar-refractivity contribution is -0.138. The summed E-state index contributed by atoms with van der Waals surface area (Å²) in [5, 5.41) is 0. The first-order valence-electron chi connectivity index (χ1n) is 8.84. The third kappa shape index (κ3) is 3.74. The zero-order valence-electron chi connectivity index (χ0n) is 14.9. The van der Waals surface area contributed by atoms with Crippen molar-refractivity contribution in [2.45, 2.75) is 32.2 Å². The molecule has 2 fully saturated rings. The van der Waals surface area contributed by atoms with Crippen LogP contribution in [-0.4, -0.2) is 71.7 Å². The quantitative estimate of drug-likeness (QED) is 0.760. The molecule has 2 aliphatic rings. The Morgan fingerprint density at radius 3 is 2.40 bits per heavy atom. The van der Waals surface area contributed by atoms with Crippen molar-refractivity contribution in [3.8, 4) is 0 Å². The van der Waals surface area contributed by atoms with Crippen molar-refractivity contribution < 1.29 is 14.4 Å². The van der Waals surface area contributed by atoms with Crippen molar-refractivity contribution in [1.29, 1.82) is 0 Å². The standard InChI is InChI=1S/C19H25N3O3/c1-14-5-3-4-6-15(14)7-8-17(23)22-11-9-21(10-12-22)16-13-18(24)20(2)19(16)25/h3-6,16H,7-13H2,1-2H3. The molecule has 6 nitrogen and oxygen atoms in total. The van der Waals surface area contributed by atoms with Gasteiger partial charge in [0, 0.05) is 39.6 Å². The number of imide groups is 1. The fourth-order valence-electron chi connectivity index (χ4n) is 3.59. The van der Waals surface area contributed by atoms with Crippen LogP contribution in [0.5, 0.6) is 0 Å². The number of carbonyl (C=O) groups excluding carboxylic acids is 3. The minimum absolute atomic E-state index is 0.119. The maximum atomic E-state index is 12.5. The fraction of sp³-hybridized carbons (Fsp3) is 0.526. The first-order chi connectivity index (χ1) is 12.0. The van der Waals surface area contributed by atoms with Crippen LogP contribution in [0.3, 0.4) is 0 Å². The summed E-state index contributed by atoms with van der Waals surface area (Å²) in [6.07, 6.45) is 1.52. The Balaban J connectivity index is 1.49. The van der Waals surface area contributed by atoms with Crippen molar-refractivity contribution in [1.82, 2.24) is 14.7 Å². The molecule has 0 aliphatic carbocycles. The van der Waals surface area contributed by atoms with Crippen LogP contribution in [0, 0.1) is 6.92 Å². The van der Waals surface area contributed by atoms with Crippen molar-refractivity contribution in [2.24, 2.45) is 0 Å². The van der Waals surface area contributed by atoms with E-state index in [1.807, 2.05) is 21.9 Å². The topological polar surface area (TPSA) is 60.9 Å². The van der Waals surface area contributed by atoms with Crippen LogP contribution in [0.2, 0.25) is 0 Å². The maximum absolute atomic E-state index is 12.5. The summed E-state index contributed by atoms with van der Waals surface area (Å²) in [5.41, 5.74) is 2.43. The van der Waals surface area contributed by atoms with E-state index in [1.165, 1.54) is 23.1 Å². The largest absolute Gasteiger partial charge is 0.340 e. The number of likely N-dealkylation sites (N-methyl/N-ethyl adjacent to an activating group) is 1. The summed E-state index contributed by atoms with van der Waals surface area (Å²) >= 11 is 0. The van der Waals surface area contributed by atoms with E-state index in [0.717, 1.165) is 6.42 Å². The average Bonchev–Trinajstić information content (AvgIpc) is 2.88. The second kappa shape index (κ2) is 7.35. The lowest BCUT2D eigenvalue weighted by atomic mass is 10.0. The molecule has 2 heterocycles. The minimum atomic E-state index is -0.346. The lowest BCUT2D eigenvalue weighted by Crippen LogP contribution is -2.53. The second-order valence-corrected chi connectivity index (χ2v) is 6.85. The van der Waals surface area contributed by atoms with E-state index in [1.54, 1.807) is 0 Å². The number of benzene rings is 1. The van der Waals surface area contributed by atoms with E-state index < -0.39 is 0 Å². The Morgan fingerprint density at radius 2 is 1.80 bits per heavy atom. The molecule has 0 aromatic heterocycles.